The van der Waals surface area contributed by atoms with Crippen molar-refractivity contribution < 1.29 is 14.7 Å². The molecule has 0 bridgehead atoms. The molecule has 0 unspecified atom stereocenters. The Morgan fingerprint density at radius 3 is 2.14 bits per heavy atom. The van der Waals surface area contributed by atoms with Crippen molar-refractivity contribution in [2.75, 3.05) is 11.9 Å². The number of carbonyl (C=O) groups is 2. The minimum Gasteiger partial charge on any atom is -0.392 e. The fourth-order valence-electron chi connectivity index (χ4n) is 1.84. The second-order valence-electron chi connectivity index (χ2n) is 4.96. The van der Waals surface area contributed by atoms with E-state index in [4.69, 9.17) is 5.11 Å². The van der Waals surface area contributed by atoms with Crippen LogP contribution in [0, 0.1) is 0 Å². The summed E-state index contributed by atoms with van der Waals surface area (Å²) < 4.78 is 0. The van der Waals surface area contributed by atoms with Gasteiger partial charge in [-0.1, -0.05) is 18.2 Å². The van der Waals surface area contributed by atoms with Crippen LogP contribution in [0.3, 0.4) is 0 Å². The van der Waals surface area contributed by atoms with Crippen molar-refractivity contribution in [3.05, 3.63) is 65.7 Å². The Hall–Kier alpha value is -2.66. The van der Waals surface area contributed by atoms with E-state index in [1.54, 1.807) is 55.5 Å². The predicted molar refractivity (Wildman–Crippen MR) is 84.9 cm³/mol. The maximum absolute atomic E-state index is 12.0. The number of anilines is 1. The molecule has 2 aromatic carbocycles. The highest BCUT2D eigenvalue weighted by Gasteiger charge is 2.08. The molecule has 0 radical (unpaired) electrons. The lowest BCUT2D eigenvalue weighted by Gasteiger charge is -2.08. The second kappa shape index (κ2) is 7.38. The van der Waals surface area contributed by atoms with Crippen molar-refractivity contribution in [1.82, 2.24) is 5.32 Å². The van der Waals surface area contributed by atoms with Gasteiger partial charge in [-0.25, -0.2) is 0 Å². The van der Waals surface area contributed by atoms with Gasteiger partial charge in [0, 0.05) is 23.4 Å². The van der Waals surface area contributed by atoms with Gasteiger partial charge in [0.25, 0.3) is 11.8 Å². The Kier molecular flexibility index (Phi) is 5.27. The molecule has 1 atom stereocenters. The Morgan fingerprint density at radius 1 is 0.955 bits per heavy atom. The Balaban J connectivity index is 1.97. The van der Waals surface area contributed by atoms with E-state index in [0.29, 0.717) is 16.8 Å². The van der Waals surface area contributed by atoms with Crippen LogP contribution < -0.4 is 10.6 Å². The van der Waals surface area contributed by atoms with Crippen LogP contribution in [0.1, 0.15) is 27.6 Å². The topological polar surface area (TPSA) is 78.4 Å². The first-order chi connectivity index (χ1) is 10.6. The smallest absolute Gasteiger partial charge is 0.255 e. The largest absolute Gasteiger partial charge is 0.392 e. The zero-order valence-electron chi connectivity index (χ0n) is 12.2. The van der Waals surface area contributed by atoms with Gasteiger partial charge in [-0.2, -0.15) is 0 Å². The summed E-state index contributed by atoms with van der Waals surface area (Å²) in [5.41, 5.74) is 1.65. The molecule has 2 amide bonds. The van der Waals surface area contributed by atoms with Gasteiger partial charge >= 0.3 is 0 Å². The molecule has 0 saturated carbocycles. The van der Waals surface area contributed by atoms with E-state index in [1.807, 2.05) is 6.07 Å². The normalized spacial score (nSPS) is 11.5. The molecule has 114 valence electrons. The lowest BCUT2D eigenvalue weighted by atomic mass is 10.1. The number of carbonyl (C=O) groups excluding carboxylic acids is 2. The number of nitrogens with one attached hydrogen (secondary N) is 2. The molecule has 0 heterocycles. The van der Waals surface area contributed by atoms with Crippen LogP contribution in [-0.4, -0.2) is 29.6 Å². The van der Waals surface area contributed by atoms with E-state index in [-0.39, 0.29) is 18.4 Å². The molecule has 0 saturated heterocycles. The quantitative estimate of drug-likeness (QED) is 0.790. The van der Waals surface area contributed by atoms with Gasteiger partial charge in [-0.3, -0.25) is 9.59 Å². The van der Waals surface area contributed by atoms with Crippen LogP contribution in [0.4, 0.5) is 5.69 Å². The molecular formula is C17H18N2O3. The van der Waals surface area contributed by atoms with Crippen LogP contribution in [0.5, 0.6) is 0 Å². The number of aliphatic hydroxyl groups is 1. The molecule has 3 N–H and O–H groups in total. The predicted octanol–water partition coefficient (Wildman–Crippen LogP) is 2.05. The van der Waals surface area contributed by atoms with Gasteiger partial charge in [0.1, 0.15) is 0 Å². The number of rotatable bonds is 5. The van der Waals surface area contributed by atoms with Gasteiger partial charge in [-0.15, -0.1) is 0 Å². The van der Waals surface area contributed by atoms with E-state index in [2.05, 4.69) is 10.6 Å². The summed E-state index contributed by atoms with van der Waals surface area (Å²) >= 11 is 0. The van der Waals surface area contributed by atoms with Crippen molar-refractivity contribution in [3.8, 4) is 0 Å². The monoisotopic (exact) mass is 298 g/mol. The maximum atomic E-state index is 12.0. The van der Waals surface area contributed by atoms with Crippen molar-refractivity contribution in [3.63, 3.8) is 0 Å². The lowest BCUT2D eigenvalue weighted by molar-refractivity contribution is 0.0923. The maximum Gasteiger partial charge on any atom is 0.255 e. The number of amides is 2. The molecule has 5 nitrogen and oxygen atoms in total. The summed E-state index contributed by atoms with van der Waals surface area (Å²) in [7, 11) is 0. The van der Waals surface area contributed by atoms with Crippen LogP contribution in [0.15, 0.2) is 54.6 Å². The molecule has 0 fully saturated rings. The highest BCUT2D eigenvalue weighted by molar-refractivity contribution is 6.04. The summed E-state index contributed by atoms with van der Waals surface area (Å²) in [4.78, 5) is 23.8. The summed E-state index contributed by atoms with van der Waals surface area (Å²) in [5.74, 6) is -0.464. The molecule has 2 rings (SSSR count). The molecule has 22 heavy (non-hydrogen) atoms. The molecule has 5 heteroatoms. The highest BCUT2D eigenvalue weighted by Crippen LogP contribution is 2.11. The van der Waals surface area contributed by atoms with E-state index in [9.17, 15) is 9.59 Å². The van der Waals surface area contributed by atoms with E-state index < -0.39 is 6.10 Å². The van der Waals surface area contributed by atoms with Crippen molar-refractivity contribution in [2.45, 2.75) is 13.0 Å². The zero-order chi connectivity index (χ0) is 15.9. The highest BCUT2D eigenvalue weighted by atomic mass is 16.3. The summed E-state index contributed by atoms with van der Waals surface area (Å²) in [6.07, 6.45) is -0.589. The number of benzene rings is 2. The molecule has 0 aliphatic rings. The second-order valence-corrected chi connectivity index (χ2v) is 4.96. The average Bonchev–Trinajstić information content (AvgIpc) is 2.54. The Morgan fingerprint density at radius 2 is 1.55 bits per heavy atom. The van der Waals surface area contributed by atoms with Crippen LogP contribution >= 0.6 is 0 Å². The van der Waals surface area contributed by atoms with Crippen molar-refractivity contribution in [2.24, 2.45) is 0 Å². The van der Waals surface area contributed by atoms with E-state index in [0.717, 1.165) is 0 Å². The molecule has 0 aromatic heterocycles. The first-order valence-electron chi connectivity index (χ1n) is 6.99. The van der Waals surface area contributed by atoms with Gasteiger partial charge in [0.2, 0.25) is 0 Å². The van der Waals surface area contributed by atoms with Crippen LogP contribution in [0.25, 0.3) is 0 Å². The first kappa shape index (κ1) is 15.7. The zero-order valence-corrected chi connectivity index (χ0v) is 12.2. The number of aliphatic hydroxyl groups excluding tert-OH is 1. The third-order valence-corrected chi connectivity index (χ3v) is 3.00. The molecular weight excluding hydrogens is 280 g/mol. The van der Waals surface area contributed by atoms with Gasteiger partial charge < -0.3 is 15.7 Å². The summed E-state index contributed by atoms with van der Waals surface area (Å²) in [6, 6.07) is 15.5. The van der Waals surface area contributed by atoms with Crippen molar-refractivity contribution >= 4 is 17.5 Å². The fraction of sp³-hybridized carbons (Fsp3) is 0.176. The SMILES string of the molecule is C[C@H](O)CNC(=O)c1ccc(NC(=O)c2ccccc2)cc1. The molecule has 2 aromatic rings. The summed E-state index contributed by atoms with van der Waals surface area (Å²) in [6.45, 7) is 1.80. The van der Waals surface area contributed by atoms with Gasteiger partial charge in [-0.05, 0) is 43.3 Å². The van der Waals surface area contributed by atoms with E-state index in [1.165, 1.54) is 0 Å². The number of hydrogen-bond acceptors (Lipinski definition) is 3. The Bertz CT molecular complexity index is 637. The molecule has 0 aliphatic heterocycles. The minimum absolute atomic E-state index is 0.200. The van der Waals surface area contributed by atoms with Crippen LogP contribution in [-0.2, 0) is 0 Å². The van der Waals surface area contributed by atoms with Gasteiger partial charge in [0.05, 0.1) is 6.10 Å². The van der Waals surface area contributed by atoms with E-state index >= 15 is 0 Å². The van der Waals surface area contributed by atoms with Crippen molar-refractivity contribution in [1.29, 1.82) is 0 Å². The fourth-order valence-corrected chi connectivity index (χ4v) is 1.84. The number of hydrogen-bond donors (Lipinski definition) is 3. The minimum atomic E-state index is -0.589. The lowest BCUT2D eigenvalue weighted by Crippen LogP contribution is -2.30. The standard InChI is InChI=1S/C17H18N2O3/c1-12(20)11-18-16(21)14-7-9-15(10-8-14)19-17(22)13-5-3-2-4-6-13/h2-10,12,20H,11H2,1H3,(H,18,21)(H,19,22)/t12-/m0/s1. The third-order valence-electron chi connectivity index (χ3n) is 3.00. The Labute approximate surface area is 129 Å². The molecule has 0 spiro atoms. The van der Waals surface area contributed by atoms with Gasteiger partial charge in [0.15, 0.2) is 0 Å². The van der Waals surface area contributed by atoms with Crippen LogP contribution in [0.2, 0.25) is 0 Å². The average molecular weight is 298 g/mol. The molecule has 0 aliphatic carbocycles. The third kappa shape index (κ3) is 4.43. The summed E-state index contributed by atoms with van der Waals surface area (Å²) in [5, 5.41) is 14.5. The first-order valence-corrected chi connectivity index (χ1v) is 6.99.